The van der Waals surface area contributed by atoms with Gasteiger partial charge in [0.25, 0.3) is 0 Å². The van der Waals surface area contributed by atoms with Crippen molar-refractivity contribution in [1.82, 2.24) is 0 Å². The highest BCUT2D eigenvalue weighted by atomic mass is 35.5. The van der Waals surface area contributed by atoms with Gasteiger partial charge in [-0.05, 0) is 41.7 Å². The number of ether oxygens (including phenoxy) is 1. The van der Waals surface area contributed by atoms with E-state index in [1.54, 1.807) is 18.2 Å². The normalized spacial score (nSPS) is 17.5. The Labute approximate surface area is 181 Å². The zero-order valence-corrected chi connectivity index (χ0v) is 18.2. The van der Waals surface area contributed by atoms with Crippen LogP contribution in [0.2, 0.25) is 5.02 Å². The predicted molar refractivity (Wildman–Crippen MR) is 116 cm³/mol. The molecule has 1 atom stereocenters. The van der Waals surface area contributed by atoms with Gasteiger partial charge in [-0.2, -0.15) is 0 Å². The first-order valence-electron chi connectivity index (χ1n) is 10.0. The van der Waals surface area contributed by atoms with Crippen molar-refractivity contribution in [2.45, 2.75) is 39.7 Å². The Morgan fingerprint density at radius 2 is 1.90 bits per heavy atom. The first-order valence-corrected chi connectivity index (χ1v) is 10.4. The Morgan fingerprint density at radius 1 is 1.20 bits per heavy atom. The molecule has 0 saturated carbocycles. The Morgan fingerprint density at radius 3 is 2.53 bits per heavy atom. The minimum Gasteiger partial charge on any atom is -0.372 e. The highest BCUT2D eigenvalue weighted by molar-refractivity contribution is 6.34. The SMILES string of the molecule is CC(C)(C)CC(=O)Nc1c(F)cc(N2CCO[C@@H](c3ccc(F)cc3)CC2)cc1Cl. The molecule has 2 aromatic rings. The maximum absolute atomic E-state index is 14.7. The van der Waals surface area contributed by atoms with Crippen LogP contribution in [0.25, 0.3) is 0 Å². The summed E-state index contributed by atoms with van der Waals surface area (Å²) in [7, 11) is 0. The lowest BCUT2D eigenvalue weighted by molar-refractivity contribution is -0.117. The molecule has 7 heteroatoms. The highest BCUT2D eigenvalue weighted by Crippen LogP contribution is 2.33. The molecular weight excluding hydrogens is 410 g/mol. The van der Waals surface area contributed by atoms with Gasteiger partial charge in [-0.15, -0.1) is 0 Å². The smallest absolute Gasteiger partial charge is 0.225 e. The van der Waals surface area contributed by atoms with E-state index < -0.39 is 5.82 Å². The summed E-state index contributed by atoms with van der Waals surface area (Å²) in [4.78, 5) is 14.2. The molecule has 0 spiro atoms. The largest absolute Gasteiger partial charge is 0.372 e. The Bertz CT molecular complexity index is 874. The first-order chi connectivity index (χ1) is 14.1. The molecule has 4 nitrogen and oxygen atoms in total. The number of hydrogen-bond acceptors (Lipinski definition) is 3. The molecule has 0 aromatic heterocycles. The van der Waals surface area contributed by atoms with Crippen LogP contribution in [0.4, 0.5) is 20.2 Å². The van der Waals surface area contributed by atoms with E-state index in [9.17, 15) is 13.6 Å². The van der Waals surface area contributed by atoms with Gasteiger partial charge in [0.05, 0.1) is 23.4 Å². The number of hydrogen-bond donors (Lipinski definition) is 1. The molecule has 2 aromatic carbocycles. The van der Waals surface area contributed by atoms with Gasteiger partial charge in [0.2, 0.25) is 5.91 Å². The van der Waals surface area contributed by atoms with Crippen molar-refractivity contribution in [1.29, 1.82) is 0 Å². The third-order valence-electron chi connectivity index (χ3n) is 4.93. The molecule has 0 bridgehead atoms. The summed E-state index contributed by atoms with van der Waals surface area (Å²) in [5.41, 5.74) is 1.35. The number of rotatable bonds is 4. The molecule has 30 heavy (non-hydrogen) atoms. The molecule has 1 heterocycles. The van der Waals surface area contributed by atoms with Crippen LogP contribution >= 0.6 is 11.6 Å². The summed E-state index contributed by atoms with van der Waals surface area (Å²) in [6.07, 6.45) is 0.792. The van der Waals surface area contributed by atoms with E-state index in [0.717, 1.165) is 5.56 Å². The van der Waals surface area contributed by atoms with Crippen LogP contribution in [0, 0.1) is 17.0 Å². The summed E-state index contributed by atoms with van der Waals surface area (Å²) < 4.78 is 33.8. The Balaban J connectivity index is 1.70. The van der Waals surface area contributed by atoms with Crippen LogP contribution in [-0.2, 0) is 9.53 Å². The molecule has 1 aliphatic heterocycles. The summed E-state index contributed by atoms with van der Waals surface area (Å²) in [6.45, 7) is 7.47. The molecule has 0 radical (unpaired) electrons. The van der Waals surface area contributed by atoms with E-state index in [4.69, 9.17) is 16.3 Å². The fourth-order valence-electron chi connectivity index (χ4n) is 3.50. The molecule has 1 aliphatic rings. The van der Waals surface area contributed by atoms with Gasteiger partial charge in [-0.25, -0.2) is 8.78 Å². The van der Waals surface area contributed by atoms with E-state index in [1.807, 2.05) is 25.7 Å². The second kappa shape index (κ2) is 9.31. The molecule has 3 rings (SSSR count). The number of anilines is 2. The maximum atomic E-state index is 14.7. The summed E-state index contributed by atoms with van der Waals surface area (Å²) in [6, 6.07) is 9.33. The maximum Gasteiger partial charge on any atom is 0.225 e. The van der Waals surface area contributed by atoms with Gasteiger partial charge in [-0.1, -0.05) is 44.5 Å². The van der Waals surface area contributed by atoms with Crippen molar-refractivity contribution in [3.8, 4) is 0 Å². The van der Waals surface area contributed by atoms with Crippen molar-refractivity contribution >= 4 is 28.9 Å². The van der Waals surface area contributed by atoms with Gasteiger partial charge < -0.3 is 15.0 Å². The van der Waals surface area contributed by atoms with Gasteiger partial charge in [0.1, 0.15) is 11.6 Å². The number of amides is 1. The minimum absolute atomic E-state index is 0.00456. The standard InChI is InChI=1S/C23H27ClF2N2O2/c1-23(2,3)14-21(29)27-22-18(24)12-17(13-19(22)26)28-9-8-20(30-11-10-28)15-4-6-16(25)7-5-15/h4-7,12-13,20H,8-11,14H2,1-3H3,(H,27,29)/t20-/m1/s1. The predicted octanol–water partition coefficient (Wildman–Crippen LogP) is 5.96. The number of carbonyl (C=O) groups is 1. The molecule has 1 N–H and O–H groups in total. The van der Waals surface area contributed by atoms with Crippen LogP contribution < -0.4 is 10.2 Å². The van der Waals surface area contributed by atoms with E-state index >= 15 is 0 Å². The lowest BCUT2D eigenvalue weighted by atomic mass is 9.92. The molecule has 0 unspecified atom stereocenters. The number of halogens is 3. The third-order valence-corrected chi connectivity index (χ3v) is 5.23. The van der Waals surface area contributed by atoms with Crippen molar-refractivity contribution in [3.05, 3.63) is 58.6 Å². The van der Waals surface area contributed by atoms with Crippen LogP contribution in [0.1, 0.15) is 45.3 Å². The van der Waals surface area contributed by atoms with E-state index in [1.165, 1.54) is 18.2 Å². The molecule has 1 saturated heterocycles. The first kappa shape index (κ1) is 22.5. The van der Waals surface area contributed by atoms with E-state index in [-0.39, 0.29) is 40.4 Å². The molecule has 0 aliphatic carbocycles. The second-order valence-electron chi connectivity index (χ2n) is 8.76. The molecule has 1 fully saturated rings. The van der Waals surface area contributed by atoms with Gasteiger partial charge in [0.15, 0.2) is 0 Å². The van der Waals surface area contributed by atoms with Crippen LogP contribution in [0.15, 0.2) is 36.4 Å². The van der Waals surface area contributed by atoms with Crippen LogP contribution in [-0.4, -0.2) is 25.6 Å². The number of nitrogens with zero attached hydrogens (tertiary/aromatic N) is 1. The van der Waals surface area contributed by atoms with Gasteiger partial charge in [-0.3, -0.25) is 4.79 Å². The van der Waals surface area contributed by atoms with Crippen molar-refractivity contribution in [2.75, 3.05) is 29.9 Å². The Hall–Kier alpha value is -2.18. The Kier molecular flexibility index (Phi) is 6.98. The van der Waals surface area contributed by atoms with E-state index in [0.29, 0.717) is 31.8 Å². The van der Waals surface area contributed by atoms with Gasteiger partial charge >= 0.3 is 0 Å². The third kappa shape index (κ3) is 5.92. The average Bonchev–Trinajstić information content (AvgIpc) is 2.90. The van der Waals surface area contributed by atoms with Crippen molar-refractivity contribution in [3.63, 3.8) is 0 Å². The molecule has 1 amide bonds. The summed E-state index contributed by atoms with van der Waals surface area (Å²) in [5, 5.41) is 2.75. The van der Waals surface area contributed by atoms with Crippen molar-refractivity contribution in [2.24, 2.45) is 5.41 Å². The van der Waals surface area contributed by atoms with Crippen LogP contribution in [0.3, 0.4) is 0 Å². The average molecular weight is 437 g/mol. The highest BCUT2D eigenvalue weighted by Gasteiger charge is 2.22. The lowest BCUT2D eigenvalue weighted by Crippen LogP contribution is -2.26. The van der Waals surface area contributed by atoms with Crippen molar-refractivity contribution < 1.29 is 18.3 Å². The quantitative estimate of drug-likeness (QED) is 0.642. The number of carbonyl (C=O) groups excluding carboxylic acids is 1. The zero-order chi connectivity index (χ0) is 21.9. The topological polar surface area (TPSA) is 41.6 Å². The number of nitrogens with one attached hydrogen (secondary N) is 1. The van der Waals surface area contributed by atoms with Gasteiger partial charge in [0, 0.05) is 25.2 Å². The summed E-state index contributed by atoms with van der Waals surface area (Å²) >= 11 is 6.30. The summed E-state index contributed by atoms with van der Waals surface area (Å²) in [5.74, 6) is -1.13. The second-order valence-corrected chi connectivity index (χ2v) is 9.16. The lowest BCUT2D eigenvalue weighted by Gasteiger charge is -2.23. The zero-order valence-electron chi connectivity index (χ0n) is 17.5. The molecule has 162 valence electrons. The fourth-order valence-corrected chi connectivity index (χ4v) is 3.75. The minimum atomic E-state index is -0.569. The van der Waals surface area contributed by atoms with E-state index in [2.05, 4.69) is 5.32 Å². The number of benzene rings is 2. The monoisotopic (exact) mass is 436 g/mol. The fraction of sp³-hybridized carbons (Fsp3) is 0.435. The molecular formula is C23H27ClF2N2O2. The van der Waals surface area contributed by atoms with Crippen LogP contribution in [0.5, 0.6) is 0 Å².